The second-order valence-corrected chi connectivity index (χ2v) is 6.97. The maximum Gasteiger partial charge on any atom is 0.227 e. The number of hydrogen-bond donors (Lipinski definition) is 1. The minimum atomic E-state index is 0.105. The summed E-state index contributed by atoms with van der Waals surface area (Å²) < 4.78 is 1.86. The molecule has 0 bridgehead atoms. The van der Waals surface area contributed by atoms with Crippen molar-refractivity contribution in [1.82, 2.24) is 14.7 Å². The van der Waals surface area contributed by atoms with E-state index in [-0.39, 0.29) is 11.9 Å². The van der Waals surface area contributed by atoms with Crippen molar-refractivity contribution in [3.63, 3.8) is 0 Å². The number of likely N-dealkylation sites (tertiary alicyclic amines) is 1. The lowest BCUT2D eigenvalue weighted by atomic mass is 10.1. The third-order valence-electron chi connectivity index (χ3n) is 4.75. The highest BCUT2D eigenvalue weighted by Crippen LogP contribution is 2.23. The molecule has 1 amide bonds. The molecule has 0 radical (unpaired) electrons. The number of halogens is 1. The summed E-state index contributed by atoms with van der Waals surface area (Å²) in [6, 6.07) is 5.98. The highest BCUT2D eigenvalue weighted by molar-refractivity contribution is 6.31. The topological polar surface area (TPSA) is 64.2 Å². The molecule has 1 fully saturated rings. The Balaban J connectivity index is 1.86. The summed E-state index contributed by atoms with van der Waals surface area (Å²) in [5, 5.41) is 5.32. The van der Waals surface area contributed by atoms with Gasteiger partial charge >= 0.3 is 0 Å². The number of benzene rings is 1. The maximum absolute atomic E-state index is 12.5. The van der Waals surface area contributed by atoms with Crippen LogP contribution in [0.25, 0.3) is 5.69 Å². The molecule has 1 aliphatic heterocycles. The Morgan fingerprint density at radius 3 is 2.75 bits per heavy atom. The van der Waals surface area contributed by atoms with E-state index in [0.29, 0.717) is 18.0 Å². The number of nitrogens with zero attached hydrogens (tertiary/aromatic N) is 3. The second kappa shape index (κ2) is 6.57. The van der Waals surface area contributed by atoms with Crippen LogP contribution in [0.15, 0.2) is 18.2 Å². The van der Waals surface area contributed by atoms with Crippen LogP contribution < -0.4 is 5.73 Å². The minimum Gasteiger partial charge on any atom is -0.341 e. The van der Waals surface area contributed by atoms with Gasteiger partial charge in [0.15, 0.2) is 0 Å². The number of aromatic nitrogens is 2. The SMILES string of the molecule is Cc1ccc(-n2nc(C)c(CC(=O)N3CC[C@H](N)C3)c2C)cc1Cl. The number of carbonyl (C=O) groups excluding carboxylic acids is 1. The molecule has 0 unspecified atom stereocenters. The smallest absolute Gasteiger partial charge is 0.227 e. The number of hydrogen-bond acceptors (Lipinski definition) is 3. The zero-order valence-corrected chi connectivity index (χ0v) is 15.1. The molecular formula is C18H23ClN4O. The van der Waals surface area contributed by atoms with Crippen molar-refractivity contribution in [3.05, 3.63) is 45.7 Å². The Morgan fingerprint density at radius 2 is 2.12 bits per heavy atom. The molecule has 24 heavy (non-hydrogen) atoms. The first kappa shape index (κ1) is 17.0. The van der Waals surface area contributed by atoms with E-state index in [2.05, 4.69) is 5.10 Å². The van der Waals surface area contributed by atoms with Gasteiger partial charge in [0.05, 0.1) is 17.8 Å². The molecule has 0 aliphatic carbocycles. The molecule has 6 heteroatoms. The molecule has 0 spiro atoms. The van der Waals surface area contributed by atoms with Crippen molar-refractivity contribution in [3.8, 4) is 5.69 Å². The fourth-order valence-corrected chi connectivity index (χ4v) is 3.35. The average Bonchev–Trinajstić information content (AvgIpc) is 3.09. The van der Waals surface area contributed by atoms with Crippen LogP contribution in [0.1, 0.15) is 28.9 Å². The first-order valence-electron chi connectivity index (χ1n) is 8.21. The van der Waals surface area contributed by atoms with Gasteiger partial charge in [-0.05, 0) is 44.9 Å². The summed E-state index contributed by atoms with van der Waals surface area (Å²) in [6.07, 6.45) is 1.24. The van der Waals surface area contributed by atoms with Crippen molar-refractivity contribution in [2.75, 3.05) is 13.1 Å². The Morgan fingerprint density at radius 1 is 1.38 bits per heavy atom. The molecule has 0 saturated carbocycles. The number of amides is 1. The van der Waals surface area contributed by atoms with Gasteiger partial charge in [-0.3, -0.25) is 4.79 Å². The molecule has 1 aromatic carbocycles. The van der Waals surface area contributed by atoms with E-state index in [1.807, 2.05) is 48.6 Å². The van der Waals surface area contributed by atoms with Gasteiger partial charge in [-0.25, -0.2) is 4.68 Å². The summed E-state index contributed by atoms with van der Waals surface area (Å²) in [5.74, 6) is 0.121. The molecule has 128 valence electrons. The fourth-order valence-electron chi connectivity index (χ4n) is 3.17. The monoisotopic (exact) mass is 346 g/mol. The van der Waals surface area contributed by atoms with Crippen molar-refractivity contribution >= 4 is 17.5 Å². The van der Waals surface area contributed by atoms with Crippen molar-refractivity contribution < 1.29 is 4.79 Å². The second-order valence-electron chi connectivity index (χ2n) is 6.56. The van der Waals surface area contributed by atoms with E-state index >= 15 is 0 Å². The van der Waals surface area contributed by atoms with E-state index < -0.39 is 0 Å². The first-order valence-corrected chi connectivity index (χ1v) is 8.59. The molecular weight excluding hydrogens is 324 g/mol. The summed E-state index contributed by atoms with van der Waals surface area (Å²) in [4.78, 5) is 14.4. The van der Waals surface area contributed by atoms with Gasteiger partial charge in [-0.2, -0.15) is 5.10 Å². The molecule has 1 atom stereocenters. The normalized spacial score (nSPS) is 17.5. The zero-order valence-electron chi connectivity index (χ0n) is 14.3. The van der Waals surface area contributed by atoms with Crippen LogP contribution in [0.2, 0.25) is 5.02 Å². The largest absolute Gasteiger partial charge is 0.341 e. The van der Waals surface area contributed by atoms with Crippen LogP contribution in [0.3, 0.4) is 0 Å². The number of aryl methyl sites for hydroxylation is 2. The summed E-state index contributed by atoms with van der Waals surface area (Å²) >= 11 is 6.23. The lowest BCUT2D eigenvalue weighted by Crippen LogP contribution is -2.33. The Kier molecular flexibility index (Phi) is 4.65. The molecule has 1 aromatic heterocycles. The highest BCUT2D eigenvalue weighted by atomic mass is 35.5. The molecule has 1 saturated heterocycles. The van der Waals surface area contributed by atoms with E-state index in [1.165, 1.54) is 0 Å². The predicted octanol–water partition coefficient (Wildman–Crippen LogP) is 2.55. The summed E-state index contributed by atoms with van der Waals surface area (Å²) in [5.41, 5.74) is 10.7. The highest BCUT2D eigenvalue weighted by Gasteiger charge is 2.25. The van der Waals surface area contributed by atoms with Crippen LogP contribution in [-0.2, 0) is 11.2 Å². The van der Waals surface area contributed by atoms with E-state index in [9.17, 15) is 4.79 Å². The van der Waals surface area contributed by atoms with Gasteiger partial charge in [-0.1, -0.05) is 17.7 Å². The average molecular weight is 347 g/mol. The van der Waals surface area contributed by atoms with Crippen molar-refractivity contribution in [2.24, 2.45) is 5.73 Å². The first-order chi connectivity index (χ1) is 11.4. The predicted molar refractivity (Wildman–Crippen MR) is 95.7 cm³/mol. The minimum absolute atomic E-state index is 0.105. The van der Waals surface area contributed by atoms with Crippen molar-refractivity contribution in [1.29, 1.82) is 0 Å². The van der Waals surface area contributed by atoms with Gasteiger partial charge < -0.3 is 10.6 Å². The number of rotatable bonds is 3. The van der Waals surface area contributed by atoms with Crippen LogP contribution in [0, 0.1) is 20.8 Å². The van der Waals surface area contributed by atoms with Gasteiger partial charge in [0, 0.05) is 35.4 Å². The van der Waals surface area contributed by atoms with Crippen LogP contribution >= 0.6 is 11.6 Å². The van der Waals surface area contributed by atoms with Gasteiger partial charge in [0.25, 0.3) is 0 Å². The Bertz CT molecular complexity index is 784. The van der Waals surface area contributed by atoms with Crippen molar-refractivity contribution in [2.45, 2.75) is 39.7 Å². The fraction of sp³-hybridized carbons (Fsp3) is 0.444. The lowest BCUT2D eigenvalue weighted by Gasteiger charge is -2.15. The quantitative estimate of drug-likeness (QED) is 0.928. The van der Waals surface area contributed by atoms with E-state index in [0.717, 1.165) is 41.2 Å². The van der Waals surface area contributed by atoms with Crippen LogP contribution in [-0.4, -0.2) is 39.7 Å². The Labute approximate surface area is 147 Å². The third-order valence-corrected chi connectivity index (χ3v) is 5.15. The van der Waals surface area contributed by atoms with Gasteiger partial charge in [0.2, 0.25) is 5.91 Å². The number of nitrogens with two attached hydrogens (primary N) is 1. The standard InChI is InChI=1S/C18H23ClN4O/c1-11-4-5-15(8-17(11)19)23-13(3)16(12(2)21-23)9-18(24)22-7-6-14(20)10-22/h4-5,8,14H,6-7,9-10,20H2,1-3H3/t14-/m0/s1. The summed E-state index contributed by atoms with van der Waals surface area (Å²) in [6.45, 7) is 7.31. The molecule has 3 rings (SSSR count). The molecule has 1 aliphatic rings. The van der Waals surface area contributed by atoms with Gasteiger partial charge in [0.1, 0.15) is 0 Å². The third kappa shape index (κ3) is 3.19. The summed E-state index contributed by atoms with van der Waals surface area (Å²) in [7, 11) is 0. The van der Waals surface area contributed by atoms with E-state index in [4.69, 9.17) is 17.3 Å². The maximum atomic E-state index is 12.5. The zero-order chi connectivity index (χ0) is 17.4. The van der Waals surface area contributed by atoms with Crippen LogP contribution in [0.4, 0.5) is 0 Å². The molecule has 2 heterocycles. The molecule has 2 N–H and O–H groups in total. The van der Waals surface area contributed by atoms with Crippen LogP contribution in [0.5, 0.6) is 0 Å². The number of carbonyl (C=O) groups is 1. The van der Waals surface area contributed by atoms with Gasteiger partial charge in [-0.15, -0.1) is 0 Å². The molecule has 2 aromatic rings. The lowest BCUT2D eigenvalue weighted by molar-refractivity contribution is -0.129. The Hall–Kier alpha value is -1.85. The molecule has 5 nitrogen and oxygen atoms in total. The van der Waals surface area contributed by atoms with E-state index in [1.54, 1.807) is 0 Å².